The number of nitrogens with zero attached hydrogens (tertiary/aromatic N) is 1. The number of methoxy groups -OCH3 is 1. The van der Waals surface area contributed by atoms with Crippen LogP contribution in [0.25, 0.3) is 0 Å². The minimum absolute atomic E-state index is 0.0442. The third kappa shape index (κ3) is 4.62. The largest absolute Gasteiger partial charge is 0.493 e. The minimum atomic E-state index is -4.52. The average Bonchev–Trinajstić information content (AvgIpc) is 3.22. The summed E-state index contributed by atoms with van der Waals surface area (Å²) in [6.45, 7) is 1.70. The van der Waals surface area contributed by atoms with Crippen molar-refractivity contribution in [3.63, 3.8) is 0 Å². The third-order valence-corrected chi connectivity index (χ3v) is 6.26. The number of carbonyl (C=O) groups excluding carboxylic acids is 1. The summed E-state index contributed by atoms with van der Waals surface area (Å²) in [5, 5.41) is 0.587. The molecule has 1 amide bonds. The summed E-state index contributed by atoms with van der Waals surface area (Å²) in [6, 6.07) is 11.5. The lowest BCUT2D eigenvalue weighted by atomic mass is 9.82. The number of piperidine rings is 1. The lowest BCUT2D eigenvalue weighted by Gasteiger charge is -2.42. The predicted octanol–water partition coefficient (Wildman–Crippen LogP) is 4.79. The number of likely N-dealkylation sites (tertiary alicyclic amines) is 1. The number of fused-ring (bicyclic) bond motifs is 1. The Morgan fingerprint density at radius 2 is 2.03 bits per heavy atom. The third-order valence-electron chi connectivity index (χ3n) is 6.02. The van der Waals surface area contributed by atoms with Gasteiger partial charge in [-0.2, -0.15) is 13.2 Å². The molecular weight excluding hydrogens is 463 g/mol. The molecule has 2 heterocycles. The number of benzene rings is 2. The molecule has 2 aliphatic rings. The number of amides is 1. The fourth-order valence-electron chi connectivity index (χ4n) is 4.16. The molecule has 4 rings (SSSR count). The van der Waals surface area contributed by atoms with Gasteiger partial charge in [0, 0.05) is 23.6 Å². The van der Waals surface area contributed by atoms with Crippen LogP contribution < -0.4 is 9.47 Å². The van der Waals surface area contributed by atoms with Gasteiger partial charge in [-0.3, -0.25) is 4.79 Å². The van der Waals surface area contributed by atoms with Crippen LogP contribution >= 0.6 is 11.6 Å². The SMILES string of the molecule is COc1cc(C(=O)N2CC[C@]3(c4cccc(Cl)c4)OCOC3C2)ccc1O[C@@H](C)C(F)(F)F. The summed E-state index contributed by atoms with van der Waals surface area (Å²) in [5.41, 5.74) is 0.477. The van der Waals surface area contributed by atoms with Gasteiger partial charge >= 0.3 is 6.18 Å². The van der Waals surface area contributed by atoms with E-state index in [-0.39, 0.29) is 42.4 Å². The zero-order valence-electron chi connectivity index (χ0n) is 18.0. The summed E-state index contributed by atoms with van der Waals surface area (Å²) in [7, 11) is 1.30. The fraction of sp³-hybridized carbons (Fsp3) is 0.435. The lowest BCUT2D eigenvalue weighted by Crippen LogP contribution is -2.53. The summed E-state index contributed by atoms with van der Waals surface area (Å²) in [5.74, 6) is -0.341. The van der Waals surface area contributed by atoms with Crippen LogP contribution in [0.2, 0.25) is 5.02 Å². The van der Waals surface area contributed by atoms with Crippen LogP contribution in [0.15, 0.2) is 42.5 Å². The highest BCUT2D eigenvalue weighted by molar-refractivity contribution is 6.30. The molecule has 3 atom stereocenters. The first kappa shape index (κ1) is 23.7. The topological polar surface area (TPSA) is 57.2 Å². The second-order valence-electron chi connectivity index (χ2n) is 7.99. The molecular formula is C23H23ClF3NO5. The molecule has 2 fully saturated rings. The van der Waals surface area contributed by atoms with Crippen molar-refractivity contribution in [1.82, 2.24) is 4.90 Å². The van der Waals surface area contributed by atoms with E-state index in [0.717, 1.165) is 12.5 Å². The van der Waals surface area contributed by atoms with Crippen LogP contribution in [0, 0.1) is 0 Å². The number of hydrogen-bond acceptors (Lipinski definition) is 5. The fourth-order valence-corrected chi connectivity index (χ4v) is 4.35. The molecule has 0 saturated carbocycles. The molecule has 33 heavy (non-hydrogen) atoms. The maximum absolute atomic E-state index is 13.2. The first-order chi connectivity index (χ1) is 15.6. The quantitative estimate of drug-likeness (QED) is 0.609. The van der Waals surface area contributed by atoms with Gasteiger partial charge in [-0.25, -0.2) is 0 Å². The Morgan fingerprint density at radius 1 is 1.24 bits per heavy atom. The number of alkyl halides is 3. The second kappa shape index (κ2) is 9.04. The van der Waals surface area contributed by atoms with E-state index in [1.165, 1.54) is 25.3 Å². The molecule has 178 valence electrons. The minimum Gasteiger partial charge on any atom is -0.493 e. The van der Waals surface area contributed by atoms with Gasteiger partial charge in [-0.15, -0.1) is 0 Å². The molecule has 10 heteroatoms. The zero-order chi connectivity index (χ0) is 23.8. The Labute approximate surface area is 194 Å². The Bertz CT molecular complexity index is 1030. The molecule has 2 aromatic carbocycles. The normalized spacial score (nSPS) is 23.7. The number of halogens is 4. The molecule has 1 unspecified atom stereocenters. The number of hydrogen-bond donors (Lipinski definition) is 0. The molecule has 6 nitrogen and oxygen atoms in total. The summed E-state index contributed by atoms with van der Waals surface area (Å²) in [4.78, 5) is 14.8. The van der Waals surface area contributed by atoms with Crippen molar-refractivity contribution in [3.8, 4) is 11.5 Å². The Kier molecular flexibility index (Phi) is 6.48. The monoisotopic (exact) mass is 485 g/mol. The molecule has 0 N–H and O–H groups in total. The standard InChI is InChI=1S/C23H23ClF3NO5/c1-14(23(25,26)27)33-18-7-6-15(10-19(18)30-2)21(29)28-9-8-22(20(12-28)31-13-32-22)16-4-3-5-17(24)11-16/h3-7,10-11,14,20H,8-9,12-13H2,1-2H3/t14-,20?,22+/m0/s1. The van der Waals surface area contributed by atoms with Crippen molar-refractivity contribution in [2.75, 3.05) is 27.0 Å². The van der Waals surface area contributed by atoms with Gasteiger partial charge < -0.3 is 23.8 Å². The van der Waals surface area contributed by atoms with Crippen molar-refractivity contribution in [3.05, 3.63) is 58.6 Å². The van der Waals surface area contributed by atoms with Crippen LogP contribution in [-0.2, 0) is 15.1 Å². The molecule has 0 bridgehead atoms. The predicted molar refractivity (Wildman–Crippen MR) is 114 cm³/mol. The van der Waals surface area contributed by atoms with Crippen molar-refractivity contribution >= 4 is 17.5 Å². The molecule has 2 aliphatic heterocycles. The number of ether oxygens (including phenoxy) is 4. The van der Waals surface area contributed by atoms with E-state index in [2.05, 4.69) is 0 Å². The maximum Gasteiger partial charge on any atom is 0.425 e. The summed E-state index contributed by atoms with van der Waals surface area (Å²) < 4.78 is 60.5. The maximum atomic E-state index is 13.2. The van der Waals surface area contributed by atoms with E-state index in [1.54, 1.807) is 11.0 Å². The van der Waals surface area contributed by atoms with Crippen LogP contribution in [0.1, 0.15) is 29.3 Å². The average molecular weight is 486 g/mol. The van der Waals surface area contributed by atoms with E-state index in [0.29, 0.717) is 18.0 Å². The number of rotatable bonds is 5. The molecule has 0 spiro atoms. The van der Waals surface area contributed by atoms with Crippen molar-refractivity contribution in [2.24, 2.45) is 0 Å². The van der Waals surface area contributed by atoms with Gasteiger partial charge in [0.25, 0.3) is 5.91 Å². The van der Waals surface area contributed by atoms with E-state index >= 15 is 0 Å². The van der Waals surface area contributed by atoms with E-state index < -0.39 is 17.9 Å². The Hall–Kier alpha value is -2.49. The first-order valence-electron chi connectivity index (χ1n) is 10.4. The van der Waals surface area contributed by atoms with Crippen LogP contribution in [-0.4, -0.2) is 56.2 Å². The molecule has 0 aliphatic carbocycles. The highest BCUT2D eigenvalue weighted by atomic mass is 35.5. The van der Waals surface area contributed by atoms with E-state index in [4.69, 9.17) is 30.5 Å². The van der Waals surface area contributed by atoms with Crippen LogP contribution in [0.3, 0.4) is 0 Å². The second-order valence-corrected chi connectivity index (χ2v) is 8.42. The van der Waals surface area contributed by atoms with Crippen LogP contribution in [0.5, 0.6) is 11.5 Å². The van der Waals surface area contributed by atoms with E-state index in [9.17, 15) is 18.0 Å². The van der Waals surface area contributed by atoms with Gasteiger partial charge in [0.2, 0.25) is 0 Å². The highest BCUT2D eigenvalue weighted by Crippen LogP contribution is 2.43. The molecule has 0 aromatic heterocycles. The van der Waals surface area contributed by atoms with Crippen molar-refractivity contribution < 1.29 is 36.9 Å². The molecule has 2 aromatic rings. The van der Waals surface area contributed by atoms with Gasteiger partial charge in [0.05, 0.1) is 13.7 Å². The highest BCUT2D eigenvalue weighted by Gasteiger charge is 2.51. The number of carbonyl (C=O) groups is 1. The summed E-state index contributed by atoms with van der Waals surface area (Å²) >= 11 is 6.16. The first-order valence-corrected chi connectivity index (χ1v) is 10.7. The van der Waals surface area contributed by atoms with Crippen molar-refractivity contribution in [2.45, 2.75) is 37.3 Å². The van der Waals surface area contributed by atoms with Gasteiger partial charge in [0.1, 0.15) is 18.5 Å². The lowest BCUT2D eigenvalue weighted by molar-refractivity contribution is -0.189. The molecule has 2 saturated heterocycles. The Morgan fingerprint density at radius 3 is 2.73 bits per heavy atom. The van der Waals surface area contributed by atoms with E-state index in [1.807, 2.05) is 18.2 Å². The zero-order valence-corrected chi connectivity index (χ0v) is 18.8. The van der Waals surface area contributed by atoms with Gasteiger partial charge in [-0.05, 0) is 42.8 Å². The Balaban J connectivity index is 1.51. The van der Waals surface area contributed by atoms with Crippen molar-refractivity contribution in [1.29, 1.82) is 0 Å². The van der Waals surface area contributed by atoms with Gasteiger partial charge in [-0.1, -0.05) is 23.7 Å². The van der Waals surface area contributed by atoms with Gasteiger partial charge in [0.15, 0.2) is 17.6 Å². The molecule has 0 radical (unpaired) electrons. The van der Waals surface area contributed by atoms with Crippen LogP contribution in [0.4, 0.5) is 13.2 Å². The smallest absolute Gasteiger partial charge is 0.425 e. The summed E-state index contributed by atoms with van der Waals surface area (Å²) in [6.07, 6.45) is -6.42.